The molecule has 2 aromatic rings. The minimum absolute atomic E-state index is 0.280. The first-order chi connectivity index (χ1) is 9.11. The summed E-state index contributed by atoms with van der Waals surface area (Å²) in [6, 6.07) is 8.89. The Morgan fingerprint density at radius 2 is 2.00 bits per heavy atom. The summed E-state index contributed by atoms with van der Waals surface area (Å²) in [4.78, 5) is 0. The Balaban J connectivity index is 2.06. The zero-order valence-corrected chi connectivity index (χ0v) is 13.2. The lowest BCUT2D eigenvalue weighted by Gasteiger charge is -2.20. The highest BCUT2D eigenvalue weighted by Crippen LogP contribution is 2.25. The van der Waals surface area contributed by atoms with E-state index in [0.717, 1.165) is 11.0 Å². The van der Waals surface area contributed by atoms with Crippen LogP contribution in [0.25, 0.3) is 0 Å². The van der Waals surface area contributed by atoms with Gasteiger partial charge in [-0.1, -0.05) is 34.1 Å². The second-order valence-corrected chi connectivity index (χ2v) is 5.62. The van der Waals surface area contributed by atoms with Gasteiger partial charge in [-0.2, -0.15) is 5.10 Å². The van der Waals surface area contributed by atoms with Crippen molar-refractivity contribution in [3.05, 3.63) is 52.3 Å². The number of nitrogens with one attached hydrogen (secondary N) is 1. The van der Waals surface area contributed by atoms with Gasteiger partial charge in [0.1, 0.15) is 0 Å². The second-order valence-electron chi connectivity index (χ2n) is 4.76. The molecule has 0 aliphatic carbocycles. The predicted molar refractivity (Wildman–Crippen MR) is 82.0 cm³/mol. The lowest BCUT2D eigenvalue weighted by molar-refractivity contribution is 0.493. The smallest absolute Gasteiger partial charge is 0.0537 e. The third-order valence-corrected chi connectivity index (χ3v) is 4.07. The molecule has 0 radical (unpaired) electrons. The van der Waals surface area contributed by atoms with Crippen molar-refractivity contribution in [1.82, 2.24) is 15.1 Å². The molecule has 2 rings (SSSR count). The molecule has 0 amide bonds. The molecule has 0 bridgehead atoms. The lowest BCUT2D eigenvalue weighted by atomic mass is 10.1. The maximum Gasteiger partial charge on any atom is 0.0537 e. The van der Waals surface area contributed by atoms with Gasteiger partial charge in [-0.15, -0.1) is 0 Å². The van der Waals surface area contributed by atoms with Crippen molar-refractivity contribution in [2.75, 3.05) is 0 Å². The highest BCUT2D eigenvalue weighted by molar-refractivity contribution is 9.10. The molecule has 4 heteroatoms. The summed E-state index contributed by atoms with van der Waals surface area (Å²) in [6.07, 6.45) is 4.04. The quantitative estimate of drug-likeness (QED) is 0.899. The van der Waals surface area contributed by atoms with Crippen molar-refractivity contribution in [1.29, 1.82) is 0 Å². The Labute approximate surface area is 123 Å². The van der Waals surface area contributed by atoms with Crippen molar-refractivity contribution in [3.8, 4) is 0 Å². The van der Waals surface area contributed by atoms with Crippen molar-refractivity contribution in [2.45, 2.75) is 39.4 Å². The van der Waals surface area contributed by atoms with Crippen LogP contribution in [-0.4, -0.2) is 9.78 Å². The van der Waals surface area contributed by atoms with Crippen LogP contribution < -0.4 is 5.32 Å². The summed E-state index contributed by atoms with van der Waals surface area (Å²) < 4.78 is 3.10. The number of nitrogens with zero attached hydrogens (tertiary/aromatic N) is 2. The maximum atomic E-state index is 4.32. The molecule has 1 N–H and O–H groups in total. The van der Waals surface area contributed by atoms with E-state index < -0.39 is 0 Å². The van der Waals surface area contributed by atoms with Crippen molar-refractivity contribution >= 4 is 15.9 Å². The van der Waals surface area contributed by atoms with Crippen LogP contribution in [0.4, 0.5) is 0 Å². The molecule has 0 aliphatic rings. The molecule has 0 fully saturated rings. The number of benzene rings is 1. The highest BCUT2D eigenvalue weighted by Gasteiger charge is 2.14. The molecule has 0 aliphatic heterocycles. The largest absolute Gasteiger partial charge is 0.303 e. The van der Waals surface area contributed by atoms with E-state index in [-0.39, 0.29) is 12.1 Å². The molecule has 3 nitrogen and oxygen atoms in total. The number of halogens is 1. The van der Waals surface area contributed by atoms with Gasteiger partial charge < -0.3 is 5.32 Å². The zero-order valence-electron chi connectivity index (χ0n) is 11.6. The average molecular weight is 322 g/mol. The monoisotopic (exact) mass is 321 g/mol. The van der Waals surface area contributed by atoms with Crippen LogP contribution >= 0.6 is 15.9 Å². The number of rotatable bonds is 5. The van der Waals surface area contributed by atoms with Gasteiger partial charge in [0.25, 0.3) is 0 Å². The normalized spacial score (nSPS) is 14.3. The van der Waals surface area contributed by atoms with E-state index in [9.17, 15) is 0 Å². The van der Waals surface area contributed by atoms with Crippen LogP contribution in [0.5, 0.6) is 0 Å². The Morgan fingerprint density at radius 1 is 1.26 bits per heavy atom. The molecule has 1 aromatic heterocycles. The molecular weight excluding hydrogens is 302 g/mol. The van der Waals surface area contributed by atoms with E-state index in [1.807, 2.05) is 16.9 Å². The van der Waals surface area contributed by atoms with Gasteiger partial charge in [0.15, 0.2) is 0 Å². The van der Waals surface area contributed by atoms with Crippen LogP contribution in [-0.2, 0) is 6.54 Å². The standard InChI is InChI=1S/C15H20BrN3/c1-4-19-10-13(9-17-19)11(2)18-12(3)14-7-5-6-8-15(14)16/h5-12,18H,4H2,1-3H3/t11-,12+/m1/s1. The van der Waals surface area contributed by atoms with Gasteiger partial charge in [0.05, 0.1) is 6.20 Å². The number of aryl methyl sites for hydroxylation is 1. The van der Waals surface area contributed by atoms with E-state index in [2.05, 4.69) is 71.5 Å². The summed E-state index contributed by atoms with van der Waals surface area (Å²) in [7, 11) is 0. The second kappa shape index (κ2) is 6.35. The molecule has 0 spiro atoms. The molecule has 0 saturated carbocycles. The Morgan fingerprint density at radius 3 is 2.63 bits per heavy atom. The molecule has 2 atom stereocenters. The van der Waals surface area contributed by atoms with Gasteiger partial charge in [-0.3, -0.25) is 4.68 Å². The van der Waals surface area contributed by atoms with E-state index in [0.29, 0.717) is 0 Å². The van der Waals surface area contributed by atoms with E-state index in [1.54, 1.807) is 0 Å². The minimum atomic E-state index is 0.280. The molecule has 1 heterocycles. The predicted octanol–water partition coefficient (Wildman–Crippen LogP) is 4.08. The Kier molecular flexibility index (Phi) is 4.77. The van der Waals surface area contributed by atoms with Gasteiger partial charge >= 0.3 is 0 Å². The average Bonchev–Trinajstić information content (AvgIpc) is 2.88. The van der Waals surface area contributed by atoms with Gasteiger partial charge in [-0.05, 0) is 32.4 Å². The Bertz CT molecular complexity index is 536. The van der Waals surface area contributed by atoms with E-state index >= 15 is 0 Å². The van der Waals surface area contributed by atoms with Gasteiger partial charge in [-0.25, -0.2) is 0 Å². The summed E-state index contributed by atoms with van der Waals surface area (Å²) >= 11 is 3.60. The van der Waals surface area contributed by atoms with Crippen molar-refractivity contribution in [2.24, 2.45) is 0 Å². The van der Waals surface area contributed by atoms with Gasteiger partial charge in [0, 0.05) is 34.9 Å². The van der Waals surface area contributed by atoms with Crippen LogP contribution in [0.2, 0.25) is 0 Å². The number of hydrogen-bond donors (Lipinski definition) is 1. The van der Waals surface area contributed by atoms with E-state index in [1.165, 1.54) is 11.1 Å². The molecular formula is C15H20BrN3. The topological polar surface area (TPSA) is 29.9 Å². The summed E-state index contributed by atoms with van der Waals surface area (Å²) in [6.45, 7) is 7.36. The van der Waals surface area contributed by atoms with Crippen LogP contribution in [0.3, 0.4) is 0 Å². The first-order valence-corrected chi connectivity index (χ1v) is 7.44. The fraction of sp³-hybridized carbons (Fsp3) is 0.400. The fourth-order valence-electron chi connectivity index (χ4n) is 2.16. The molecule has 0 unspecified atom stereocenters. The molecule has 102 valence electrons. The minimum Gasteiger partial charge on any atom is -0.303 e. The van der Waals surface area contributed by atoms with Crippen molar-refractivity contribution < 1.29 is 0 Å². The van der Waals surface area contributed by atoms with Crippen LogP contribution in [0.1, 0.15) is 44.0 Å². The number of hydrogen-bond acceptors (Lipinski definition) is 2. The molecule has 1 aromatic carbocycles. The summed E-state index contributed by atoms with van der Waals surface area (Å²) in [5.74, 6) is 0. The zero-order chi connectivity index (χ0) is 13.8. The first-order valence-electron chi connectivity index (χ1n) is 6.64. The summed E-state index contributed by atoms with van der Waals surface area (Å²) in [5, 5.41) is 7.93. The first kappa shape index (κ1) is 14.3. The lowest BCUT2D eigenvalue weighted by Crippen LogP contribution is -2.22. The van der Waals surface area contributed by atoms with Gasteiger partial charge in [0.2, 0.25) is 0 Å². The Hall–Kier alpha value is -1.13. The maximum absolute atomic E-state index is 4.32. The van der Waals surface area contributed by atoms with Crippen LogP contribution in [0.15, 0.2) is 41.1 Å². The number of aromatic nitrogens is 2. The van der Waals surface area contributed by atoms with Crippen LogP contribution in [0, 0.1) is 0 Å². The third kappa shape index (κ3) is 3.45. The van der Waals surface area contributed by atoms with E-state index in [4.69, 9.17) is 0 Å². The SMILES string of the molecule is CCn1cc([C@@H](C)N[C@@H](C)c2ccccc2Br)cn1. The fourth-order valence-corrected chi connectivity index (χ4v) is 2.79. The highest BCUT2D eigenvalue weighted by atomic mass is 79.9. The third-order valence-electron chi connectivity index (χ3n) is 3.35. The molecule has 0 saturated heterocycles. The van der Waals surface area contributed by atoms with Crippen molar-refractivity contribution in [3.63, 3.8) is 0 Å². The molecule has 19 heavy (non-hydrogen) atoms. The summed E-state index contributed by atoms with van der Waals surface area (Å²) in [5.41, 5.74) is 2.50.